The van der Waals surface area contributed by atoms with Crippen molar-refractivity contribution in [1.29, 1.82) is 0 Å². The van der Waals surface area contributed by atoms with E-state index in [1.807, 2.05) is 24.0 Å². The number of aryl methyl sites for hydroxylation is 1. The number of piperazine rings is 1. The van der Waals surface area contributed by atoms with Crippen LogP contribution in [0.2, 0.25) is 0 Å². The van der Waals surface area contributed by atoms with E-state index >= 15 is 0 Å². The van der Waals surface area contributed by atoms with Crippen LogP contribution < -0.4 is 0 Å². The molecule has 20 heavy (non-hydrogen) atoms. The molecule has 0 aromatic heterocycles. The highest BCUT2D eigenvalue weighted by Crippen LogP contribution is 2.26. The smallest absolute Gasteiger partial charge is 0.243 e. The van der Waals surface area contributed by atoms with Gasteiger partial charge in [0, 0.05) is 32.1 Å². The molecule has 108 valence electrons. The molecule has 3 rings (SSSR count). The van der Waals surface area contributed by atoms with E-state index in [2.05, 4.69) is 0 Å². The lowest BCUT2D eigenvalue weighted by atomic mass is 10.2. The molecule has 6 heteroatoms. The van der Waals surface area contributed by atoms with E-state index in [0.717, 1.165) is 12.0 Å². The zero-order valence-corrected chi connectivity index (χ0v) is 12.3. The Labute approximate surface area is 119 Å². The molecule has 0 aliphatic carbocycles. The quantitative estimate of drug-likeness (QED) is 0.817. The Morgan fingerprint density at radius 1 is 1.15 bits per heavy atom. The van der Waals surface area contributed by atoms with Gasteiger partial charge in [-0.25, -0.2) is 8.42 Å². The molecule has 2 heterocycles. The SMILES string of the molecule is Cc1ccc(S(=O)(=O)N2CCN3C(=O)CCC3C2)cc1. The Balaban J connectivity index is 1.82. The predicted octanol–water partition coefficient (Wildman–Crippen LogP) is 0.990. The Morgan fingerprint density at radius 2 is 1.85 bits per heavy atom. The van der Waals surface area contributed by atoms with E-state index in [1.165, 1.54) is 4.31 Å². The molecule has 0 radical (unpaired) electrons. The maximum absolute atomic E-state index is 12.6. The van der Waals surface area contributed by atoms with Gasteiger partial charge in [-0.3, -0.25) is 4.79 Å². The van der Waals surface area contributed by atoms with Gasteiger partial charge in [0.05, 0.1) is 4.90 Å². The summed E-state index contributed by atoms with van der Waals surface area (Å²) in [5.41, 5.74) is 1.04. The first-order valence-electron chi connectivity index (χ1n) is 6.85. The number of carbonyl (C=O) groups is 1. The summed E-state index contributed by atoms with van der Waals surface area (Å²) in [6.45, 7) is 3.24. The van der Waals surface area contributed by atoms with Crippen molar-refractivity contribution in [2.45, 2.75) is 30.7 Å². The number of carbonyl (C=O) groups excluding carboxylic acids is 1. The highest BCUT2D eigenvalue weighted by atomic mass is 32.2. The van der Waals surface area contributed by atoms with Gasteiger partial charge in [-0.05, 0) is 25.5 Å². The maximum Gasteiger partial charge on any atom is 0.243 e. The lowest BCUT2D eigenvalue weighted by molar-refractivity contribution is -0.130. The van der Waals surface area contributed by atoms with Crippen LogP contribution in [0.3, 0.4) is 0 Å². The fourth-order valence-corrected chi connectivity index (χ4v) is 4.38. The van der Waals surface area contributed by atoms with Crippen molar-refractivity contribution < 1.29 is 13.2 Å². The minimum absolute atomic E-state index is 0.0523. The summed E-state index contributed by atoms with van der Waals surface area (Å²) in [5.74, 6) is 0.155. The average molecular weight is 294 g/mol. The second-order valence-electron chi connectivity index (χ2n) is 5.46. The van der Waals surface area contributed by atoms with E-state index in [4.69, 9.17) is 0 Å². The number of nitrogens with zero attached hydrogens (tertiary/aromatic N) is 2. The van der Waals surface area contributed by atoms with Gasteiger partial charge >= 0.3 is 0 Å². The molecule has 2 aliphatic heterocycles. The van der Waals surface area contributed by atoms with E-state index in [0.29, 0.717) is 31.0 Å². The number of amides is 1. The molecule has 2 fully saturated rings. The van der Waals surface area contributed by atoms with Gasteiger partial charge in [0.25, 0.3) is 0 Å². The Hall–Kier alpha value is -1.40. The van der Waals surface area contributed by atoms with Gasteiger partial charge in [0.1, 0.15) is 0 Å². The first kappa shape index (κ1) is 13.6. The minimum atomic E-state index is -3.44. The third-order valence-corrected chi connectivity index (χ3v) is 6.00. The Bertz CT molecular complexity index is 624. The van der Waals surface area contributed by atoms with Crippen LogP contribution >= 0.6 is 0 Å². The maximum atomic E-state index is 12.6. The van der Waals surface area contributed by atoms with E-state index < -0.39 is 10.0 Å². The molecule has 5 nitrogen and oxygen atoms in total. The molecule has 1 unspecified atom stereocenters. The largest absolute Gasteiger partial charge is 0.337 e. The summed E-state index contributed by atoms with van der Waals surface area (Å²) in [6.07, 6.45) is 1.31. The molecule has 0 N–H and O–H groups in total. The molecule has 1 aromatic carbocycles. The van der Waals surface area contributed by atoms with Gasteiger partial charge in [-0.15, -0.1) is 0 Å². The summed E-state index contributed by atoms with van der Waals surface area (Å²) in [5, 5.41) is 0. The van der Waals surface area contributed by atoms with Crippen LogP contribution in [0.4, 0.5) is 0 Å². The van der Waals surface area contributed by atoms with Crippen molar-refractivity contribution in [3.05, 3.63) is 29.8 Å². The Morgan fingerprint density at radius 3 is 2.55 bits per heavy atom. The molecule has 0 saturated carbocycles. The second kappa shape index (κ2) is 4.86. The van der Waals surface area contributed by atoms with Crippen LogP contribution in [-0.2, 0) is 14.8 Å². The third-order valence-electron chi connectivity index (χ3n) is 4.12. The summed E-state index contributed by atoms with van der Waals surface area (Å²) in [6, 6.07) is 6.97. The number of hydrogen-bond donors (Lipinski definition) is 0. The molecule has 2 aliphatic rings. The summed E-state index contributed by atoms with van der Waals surface area (Å²) < 4.78 is 26.7. The zero-order valence-electron chi connectivity index (χ0n) is 11.4. The van der Waals surface area contributed by atoms with Gasteiger partial charge in [-0.1, -0.05) is 17.7 Å². The molecule has 0 bridgehead atoms. The van der Waals surface area contributed by atoms with Crippen LogP contribution in [0.5, 0.6) is 0 Å². The van der Waals surface area contributed by atoms with Crippen LogP contribution in [0.25, 0.3) is 0 Å². The van der Waals surface area contributed by atoms with Crippen LogP contribution in [0.15, 0.2) is 29.2 Å². The minimum Gasteiger partial charge on any atom is -0.337 e. The normalized spacial score (nSPS) is 23.9. The van der Waals surface area contributed by atoms with Gasteiger partial charge < -0.3 is 4.90 Å². The van der Waals surface area contributed by atoms with Gasteiger partial charge in [0.2, 0.25) is 15.9 Å². The predicted molar refractivity (Wildman–Crippen MR) is 74.7 cm³/mol. The van der Waals surface area contributed by atoms with Crippen LogP contribution in [0.1, 0.15) is 18.4 Å². The lowest BCUT2D eigenvalue weighted by Crippen LogP contribution is -2.53. The van der Waals surface area contributed by atoms with Crippen molar-refractivity contribution in [3.63, 3.8) is 0 Å². The van der Waals surface area contributed by atoms with Crippen molar-refractivity contribution in [2.75, 3.05) is 19.6 Å². The number of benzene rings is 1. The highest BCUT2D eigenvalue weighted by molar-refractivity contribution is 7.89. The average Bonchev–Trinajstić information content (AvgIpc) is 2.80. The van der Waals surface area contributed by atoms with Crippen LogP contribution in [0, 0.1) is 6.92 Å². The topological polar surface area (TPSA) is 57.7 Å². The molecule has 0 spiro atoms. The molecule has 2 saturated heterocycles. The van der Waals surface area contributed by atoms with Crippen molar-refractivity contribution in [3.8, 4) is 0 Å². The molecule has 1 amide bonds. The molecule has 1 atom stereocenters. The first-order chi connectivity index (χ1) is 9.48. The van der Waals surface area contributed by atoms with Crippen molar-refractivity contribution >= 4 is 15.9 Å². The number of sulfonamides is 1. The second-order valence-corrected chi connectivity index (χ2v) is 7.39. The summed E-state index contributed by atoms with van der Waals surface area (Å²) in [4.78, 5) is 13.8. The fraction of sp³-hybridized carbons (Fsp3) is 0.500. The fourth-order valence-electron chi connectivity index (χ4n) is 2.91. The third kappa shape index (κ3) is 2.23. The monoisotopic (exact) mass is 294 g/mol. The summed E-state index contributed by atoms with van der Waals surface area (Å²) in [7, 11) is -3.44. The molecule has 1 aromatic rings. The first-order valence-corrected chi connectivity index (χ1v) is 8.29. The van der Waals surface area contributed by atoms with Gasteiger partial charge in [-0.2, -0.15) is 4.31 Å². The van der Waals surface area contributed by atoms with Gasteiger partial charge in [0.15, 0.2) is 0 Å². The zero-order chi connectivity index (χ0) is 14.3. The van der Waals surface area contributed by atoms with Crippen molar-refractivity contribution in [1.82, 2.24) is 9.21 Å². The van der Waals surface area contributed by atoms with E-state index in [-0.39, 0.29) is 11.9 Å². The number of hydrogen-bond acceptors (Lipinski definition) is 3. The number of rotatable bonds is 2. The lowest BCUT2D eigenvalue weighted by Gasteiger charge is -2.36. The van der Waals surface area contributed by atoms with E-state index in [1.54, 1.807) is 12.1 Å². The molecular formula is C14H18N2O3S. The Kier molecular flexibility index (Phi) is 3.30. The molecular weight excluding hydrogens is 276 g/mol. The van der Waals surface area contributed by atoms with E-state index in [9.17, 15) is 13.2 Å². The summed E-state index contributed by atoms with van der Waals surface area (Å²) >= 11 is 0. The van der Waals surface area contributed by atoms with Crippen molar-refractivity contribution in [2.24, 2.45) is 0 Å². The highest BCUT2D eigenvalue weighted by Gasteiger charge is 2.39. The standard InChI is InChI=1S/C14H18N2O3S/c1-11-2-5-13(6-3-11)20(18,19)15-8-9-16-12(10-15)4-7-14(16)17/h2-3,5-6,12H,4,7-10H2,1H3. The number of fused-ring (bicyclic) bond motifs is 1. The van der Waals surface area contributed by atoms with Crippen LogP contribution in [-0.4, -0.2) is 49.2 Å².